The first-order valence-electron chi connectivity index (χ1n) is 6.97. The molecule has 17 heavy (non-hydrogen) atoms. The predicted octanol–water partition coefficient (Wildman–Crippen LogP) is 3.95. The third-order valence-corrected chi connectivity index (χ3v) is 3.92. The number of nitrogens with one attached hydrogen (secondary N) is 1. The fraction of sp³-hybridized carbons (Fsp3) is 0.625. The van der Waals surface area contributed by atoms with Crippen molar-refractivity contribution in [2.75, 3.05) is 7.05 Å². The van der Waals surface area contributed by atoms with E-state index in [1.165, 1.54) is 36.8 Å². The van der Waals surface area contributed by atoms with Gasteiger partial charge in [0.05, 0.1) is 0 Å². The summed E-state index contributed by atoms with van der Waals surface area (Å²) < 4.78 is 0. The van der Waals surface area contributed by atoms with Gasteiger partial charge in [-0.1, -0.05) is 44.5 Å². The van der Waals surface area contributed by atoms with E-state index in [0.29, 0.717) is 6.04 Å². The van der Waals surface area contributed by atoms with Gasteiger partial charge in [-0.3, -0.25) is 0 Å². The zero-order valence-corrected chi connectivity index (χ0v) is 11.4. The summed E-state index contributed by atoms with van der Waals surface area (Å²) in [6.45, 7) is 4.55. The summed E-state index contributed by atoms with van der Waals surface area (Å²) in [6.07, 6.45) is 5.38. The Kier molecular flexibility index (Phi) is 4.22. The van der Waals surface area contributed by atoms with Crippen LogP contribution < -0.4 is 5.32 Å². The molecule has 1 aromatic rings. The molecule has 2 rings (SSSR count). The van der Waals surface area contributed by atoms with Gasteiger partial charge in [0.2, 0.25) is 0 Å². The largest absolute Gasteiger partial charge is 0.313 e. The lowest BCUT2D eigenvalue weighted by atomic mass is 9.77. The van der Waals surface area contributed by atoms with Gasteiger partial charge in [0.25, 0.3) is 0 Å². The van der Waals surface area contributed by atoms with Gasteiger partial charge in [-0.05, 0) is 49.3 Å². The van der Waals surface area contributed by atoms with Gasteiger partial charge < -0.3 is 5.32 Å². The average molecular weight is 231 g/mol. The lowest BCUT2D eigenvalue weighted by Gasteiger charge is -2.34. The van der Waals surface area contributed by atoms with Gasteiger partial charge in [-0.25, -0.2) is 0 Å². The summed E-state index contributed by atoms with van der Waals surface area (Å²) in [7, 11) is 2.09. The Labute approximate surface area is 106 Å². The van der Waals surface area contributed by atoms with Crippen LogP contribution in [0.15, 0.2) is 24.3 Å². The molecule has 0 aliphatic heterocycles. The van der Waals surface area contributed by atoms with E-state index in [1.807, 2.05) is 0 Å². The van der Waals surface area contributed by atoms with Crippen molar-refractivity contribution in [3.05, 3.63) is 35.4 Å². The molecular weight excluding hydrogens is 206 g/mol. The second-order valence-electron chi connectivity index (χ2n) is 5.80. The van der Waals surface area contributed by atoms with Crippen molar-refractivity contribution in [1.82, 2.24) is 5.32 Å². The number of hydrogen-bond donors (Lipinski definition) is 1. The van der Waals surface area contributed by atoms with Crippen LogP contribution in [0, 0.1) is 11.8 Å². The molecule has 0 saturated heterocycles. The van der Waals surface area contributed by atoms with Crippen molar-refractivity contribution in [3.8, 4) is 0 Å². The molecule has 0 heterocycles. The van der Waals surface area contributed by atoms with Gasteiger partial charge in [0.1, 0.15) is 0 Å². The molecule has 0 aromatic heterocycles. The maximum atomic E-state index is 3.48. The molecular formula is C16H25N. The highest BCUT2D eigenvalue weighted by Gasteiger charge is 2.26. The maximum absolute atomic E-state index is 3.48. The molecule has 0 radical (unpaired) electrons. The lowest BCUT2D eigenvalue weighted by Crippen LogP contribution is -2.29. The van der Waals surface area contributed by atoms with Crippen LogP contribution in [0.25, 0.3) is 0 Å². The second-order valence-corrected chi connectivity index (χ2v) is 5.80. The fourth-order valence-electron chi connectivity index (χ4n) is 2.78. The van der Waals surface area contributed by atoms with Gasteiger partial charge in [-0.15, -0.1) is 0 Å². The normalized spacial score (nSPS) is 18.1. The minimum atomic E-state index is 0.567. The molecule has 0 spiro atoms. The van der Waals surface area contributed by atoms with Gasteiger partial charge in [0.15, 0.2) is 0 Å². The van der Waals surface area contributed by atoms with E-state index in [9.17, 15) is 0 Å². The molecule has 1 aromatic carbocycles. The Hall–Kier alpha value is -0.820. The van der Waals surface area contributed by atoms with E-state index in [0.717, 1.165) is 11.8 Å². The SMILES string of the molecule is CNC(c1ccc(CC(C)C)cc1)C1CCC1. The van der Waals surface area contributed by atoms with Crippen LogP contribution in [-0.4, -0.2) is 7.05 Å². The van der Waals surface area contributed by atoms with Gasteiger partial charge in [-0.2, -0.15) is 0 Å². The highest BCUT2D eigenvalue weighted by molar-refractivity contribution is 5.26. The van der Waals surface area contributed by atoms with Crippen LogP contribution in [0.4, 0.5) is 0 Å². The highest BCUT2D eigenvalue weighted by atomic mass is 14.9. The van der Waals surface area contributed by atoms with Crippen LogP contribution in [-0.2, 0) is 6.42 Å². The van der Waals surface area contributed by atoms with E-state index in [1.54, 1.807) is 0 Å². The van der Waals surface area contributed by atoms with Gasteiger partial charge >= 0.3 is 0 Å². The van der Waals surface area contributed by atoms with Crippen molar-refractivity contribution in [3.63, 3.8) is 0 Å². The molecule has 1 nitrogen and oxygen atoms in total. The van der Waals surface area contributed by atoms with Crippen LogP contribution in [0.3, 0.4) is 0 Å². The topological polar surface area (TPSA) is 12.0 Å². The van der Waals surface area contributed by atoms with Crippen LogP contribution >= 0.6 is 0 Å². The first kappa shape index (κ1) is 12.6. The van der Waals surface area contributed by atoms with Crippen molar-refractivity contribution in [1.29, 1.82) is 0 Å². The van der Waals surface area contributed by atoms with E-state index in [4.69, 9.17) is 0 Å². The highest BCUT2D eigenvalue weighted by Crippen LogP contribution is 2.37. The molecule has 1 heteroatoms. The van der Waals surface area contributed by atoms with E-state index >= 15 is 0 Å². The smallest absolute Gasteiger partial charge is 0.0346 e. The van der Waals surface area contributed by atoms with Crippen molar-refractivity contribution in [2.24, 2.45) is 11.8 Å². The first-order valence-corrected chi connectivity index (χ1v) is 6.97. The Morgan fingerprint density at radius 1 is 1.18 bits per heavy atom. The summed E-state index contributed by atoms with van der Waals surface area (Å²) in [5, 5.41) is 3.48. The molecule has 1 unspecified atom stereocenters. The Balaban J connectivity index is 2.04. The van der Waals surface area contributed by atoms with Gasteiger partial charge in [0, 0.05) is 6.04 Å². The lowest BCUT2D eigenvalue weighted by molar-refractivity contribution is 0.239. The van der Waals surface area contributed by atoms with E-state index in [2.05, 4.69) is 50.5 Å². The number of hydrogen-bond acceptors (Lipinski definition) is 1. The van der Waals surface area contributed by atoms with Crippen molar-refractivity contribution < 1.29 is 0 Å². The number of rotatable bonds is 5. The molecule has 1 aliphatic carbocycles. The fourth-order valence-corrected chi connectivity index (χ4v) is 2.78. The monoisotopic (exact) mass is 231 g/mol. The molecule has 1 saturated carbocycles. The minimum Gasteiger partial charge on any atom is -0.313 e. The standard InChI is InChI=1S/C16H25N/c1-12(2)11-13-7-9-15(10-8-13)16(17-3)14-5-4-6-14/h7-10,12,14,16-17H,4-6,11H2,1-3H3. The Morgan fingerprint density at radius 3 is 2.24 bits per heavy atom. The second kappa shape index (κ2) is 5.68. The van der Waals surface area contributed by atoms with Crippen molar-refractivity contribution in [2.45, 2.75) is 45.6 Å². The van der Waals surface area contributed by atoms with Crippen LogP contribution in [0.2, 0.25) is 0 Å². The molecule has 1 N–H and O–H groups in total. The summed E-state index contributed by atoms with van der Waals surface area (Å²) in [4.78, 5) is 0. The van der Waals surface area contributed by atoms with Crippen molar-refractivity contribution >= 4 is 0 Å². The maximum Gasteiger partial charge on any atom is 0.0346 e. The quantitative estimate of drug-likeness (QED) is 0.809. The summed E-state index contributed by atoms with van der Waals surface area (Å²) in [6, 6.07) is 9.81. The van der Waals surface area contributed by atoms with E-state index in [-0.39, 0.29) is 0 Å². The Morgan fingerprint density at radius 2 is 1.82 bits per heavy atom. The van der Waals surface area contributed by atoms with Crippen LogP contribution in [0.5, 0.6) is 0 Å². The molecule has 1 atom stereocenters. The first-order chi connectivity index (χ1) is 8.20. The summed E-state index contributed by atoms with van der Waals surface area (Å²) in [5.41, 5.74) is 2.93. The average Bonchev–Trinajstić information content (AvgIpc) is 2.23. The zero-order valence-electron chi connectivity index (χ0n) is 11.4. The molecule has 1 fully saturated rings. The third-order valence-electron chi connectivity index (χ3n) is 3.92. The molecule has 0 amide bonds. The summed E-state index contributed by atoms with van der Waals surface area (Å²) >= 11 is 0. The van der Waals surface area contributed by atoms with Crippen LogP contribution in [0.1, 0.15) is 50.3 Å². The zero-order chi connectivity index (χ0) is 12.3. The molecule has 94 valence electrons. The Bertz CT molecular complexity index is 335. The molecule has 1 aliphatic rings. The third kappa shape index (κ3) is 3.10. The number of benzene rings is 1. The van der Waals surface area contributed by atoms with E-state index < -0.39 is 0 Å². The summed E-state index contributed by atoms with van der Waals surface area (Å²) in [5.74, 6) is 1.60. The molecule has 0 bridgehead atoms. The minimum absolute atomic E-state index is 0.567. The predicted molar refractivity (Wildman–Crippen MR) is 74.1 cm³/mol.